The van der Waals surface area contributed by atoms with E-state index in [1.165, 1.54) is 0 Å². The molecule has 0 aromatic rings. The largest absolute Gasteiger partial charge is 1.00 e. The average Bonchev–Trinajstić information content (AvgIpc) is 2.10. The Morgan fingerprint density at radius 3 is 2.00 bits per heavy atom. The van der Waals surface area contributed by atoms with Crippen LogP contribution in [-0.2, 0) is 9.47 Å². The lowest BCUT2D eigenvalue weighted by atomic mass is 10.3. The molecule has 0 N–H and O–H groups in total. The van der Waals surface area contributed by atoms with Crippen molar-refractivity contribution in [1.82, 2.24) is 0 Å². The molecule has 14 heavy (non-hydrogen) atoms. The highest BCUT2D eigenvalue weighted by Crippen LogP contribution is 2.11. The summed E-state index contributed by atoms with van der Waals surface area (Å²) in [4.78, 5) is 0. The van der Waals surface area contributed by atoms with Crippen LogP contribution in [0.5, 0.6) is 0 Å². The van der Waals surface area contributed by atoms with Crippen molar-refractivity contribution in [3.8, 4) is 0 Å². The van der Waals surface area contributed by atoms with Crippen LogP contribution in [0.4, 0.5) is 0 Å². The van der Waals surface area contributed by atoms with Crippen LogP contribution in [-0.4, -0.2) is 44.8 Å². The van der Waals surface area contributed by atoms with Gasteiger partial charge in [-0.2, -0.15) is 0 Å². The summed E-state index contributed by atoms with van der Waals surface area (Å²) in [5, 5.41) is 0. The Balaban J connectivity index is 0. The molecule has 0 saturated heterocycles. The van der Waals surface area contributed by atoms with Gasteiger partial charge in [-0.15, -0.1) is 0 Å². The van der Waals surface area contributed by atoms with Crippen LogP contribution in [0.3, 0.4) is 0 Å². The summed E-state index contributed by atoms with van der Waals surface area (Å²) in [6, 6.07) is 0. The molecule has 0 aromatic carbocycles. The molecule has 0 heterocycles. The Labute approximate surface area is 94.4 Å². The van der Waals surface area contributed by atoms with Crippen LogP contribution in [0.25, 0.3) is 0 Å². The molecular formula is C10H24ClNO2. The lowest BCUT2D eigenvalue weighted by Gasteiger charge is -2.36. The quantitative estimate of drug-likeness (QED) is 0.402. The van der Waals surface area contributed by atoms with Crippen LogP contribution in [0, 0.1) is 0 Å². The molecule has 0 rings (SSSR count). The summed E-state index contributed by atoms with van der Waals surface area (Å²) >= 11 is 0. The Kier molecular flexibility index (Phi) is 10.0. The van der Waals surface area contributed by atoms with Gasteiger partial charge in [0.05, 0.1) is 20.7 Å². The summed E-state index contributed by atoms with van der Waals surface area (Å²) in [6.45, 7) is 8.45. The number of ether oxygens (including phenoxy) is 2. The maximum absolute atomic E-state index is 5.65. The van der Waals surface area contributed by atoms with Gasteiger partial charge in [0, 0.05) is 13.0 Å². The number of hydrogen-bond acceptors (Lipinski definition) is 2. The number of quaternary nitrogens is 1. The molecule has 0 aromatic heterocycles. The van der Waals surface area contributed by atoms with Crippen molar-refractivity contribution in [2.24, 2.45) is 0 Å². The van der Waals surface area contributed by atoms with E-state index in [9.17, 15) is 0 Å². The second kappa shape index (κ2) is 8.48. The van der Waals surface area contributed by atoms with Crippen molar-refractivity contribution >= 4 is 0 Å². The van der Waals surface area contributed by atoms with E-state index in [-0.39, 0.29) is 18.6 Å². The minimum absolute atomic E-state index is 0. The molecule has 1 unspecified atom stereocenters. The van der Waals surface area contributed by atoms with Gasteiger partial charge >= 0.3 is 0 Å². The van der Waals surface area contributed by atoms with E-state index in [1.54, 1.807) is 0 Å². The topological polar surface area (TPSA) is 18.5 Å². The summed E-state index contributed by atoms with van der Waals surface area (Å²) in [7, 11) is 4.28. The van der Waals surface area contributed by atoms with Gasteiger partial charge in [-0.05, 0) is 13.8 Å². The van der Waals surface area contributed by atoms with Gasteiger partial charge < -0.3 is 21.9 Å². The number of nitrogens with zero attached hydrogens (tertiary/aromatic N) is 1. The van der Waals surface area contributed by atoms with Gasteiger partial charge in [-0.25, -0.2) is 0 Å². The zero-order chi connectivity index (χ0) is 10.3. The molecule has 4 heteroatoms. The first kappa shape index (κ1) is 16.6. The van der Waals surface area contributed by atoms with Gasteiger partial charge in [0.15, 0.2) is 13.0 Å². The Morgan fingerprint density at radius 2 is 1.64 bits per heavy atom. The van der Waals surface area contributed by atoms with E-state index in [4.69, 9.17) is 9.47 Å². The molecule has 0 spiro atoms. The van der Waals surface area contributed by atoms with Gasteiger partial charge in [0.2, 0.25) is 0 Å². The van der Waals surface area contributed by atoms with Crippen molar-refractivity contribution in [1.29, 1.82) is 0 Å². The molecule has 0 saturated carbocycles. The Morgan fingerprint density at radius 1 is 1.07 bits per heavy atom. The first-order valence-corrected chi connectivity index (χ1v) is 5.10. The van der Waals surface area contributed by atoms with Crippen LogP contribution in [0.15, 0.2) is 0 Å². The fourth-order valence-corrected chi connectivity index (χ4v) is 1.42. The average molecular weight is 226 g/mol. The highest BCUT2D eigenvalue weighted by molar-refractivity contribution is 4.39. The molecule has 0 aliphatic carbocycles. The highest BCUT2D eigenvalue weighted by atomic mass is 35.5. The third kappa shape index (κ3) is 5.81. The lowest BCUT2D eigenvalue weighted by Crippen LogP contribution is -3.00. The molecular weight excluding hydrogens is 202 g/mol. The number of rotatable bonds is 7. The van der Waals surface area contributed by atoms with Gasteiger partial charge in [0.1, 0.15) is 0 Å². The van der Waals surface area contributed by atoms with Crippen LogP contribution >= 0.6 is 0 Å². The summed E-state index contributed by atoms with van der Waals surface area (Å²) in [5.74, 6) is 0. The molecule has 1 atom stereocenters. The minimum Gasteiger partial charge on any atom is -1.00 e. The molecule has 0 amide bonds. The fourth-order valence-electron chi connectivity index (χ4n) is 1.42. The van der Waals surface area contributed by atoms with E-state index in [0.29, 0.717) is 0 Å². The summed E-state index contributed by atoms with van der Waals surface area (Å²) in [6.07, 6.45) is 1.27. The third-order valence-electron chi connectivity index (χ3n) is 2.12. The van der Waals surface area contributed by atoms with Crippen molar-refractivity contribution in [2.75, 3.05) is 34.0 Å². The SMILES string of the molecule is CCOC[N+](C)(C)C(CC)OCC.[Cl-]. The second-order valence-electron chi connectivity index (χ2n) is 3.72. The molecule has 0 aliphatic rings. The van der Waals surface area contributed by atoms with E-state index in [2.05, 4.69) is 21.0 Å². The van der Waals surface area contributed by atoms with E-state index < -0.39 is 0 Å². The van der Waals surface area contributed by atoms with E-state index in [0.717, 1.165) is 30.8 Å². The molecule has 0 fully saturated rings. The predicted molar refractivity (Wildman–Crippen MR) is 54.3 cm³/mol. The summed E-state index contributed by atoms with van der Waals surface area (Å²) in [5.41, 5.74) is 0. The fraction of sp³-hybridized carbons (Fsp3) is 1.00. The van der Waals surface area contributed by atoms with Crippen molar-refractivity contribution < 1.29 is 26.4 Å². The van der Waals surface area contributed by atoms with Crippen LogP contribution in [0.1, 0.15) is 27.2 Å². The molecule has 3 nitrogen and oxygen atoms in total. The second-order valence-corrected chi connectivity index (χ2v) is 3.72. The maximum Gasteiger partial charge on any atom is 0.194 e. The van der Waals surface area contributed by atoms with Gasteiger partial charge in [-0.3, -0.25) is 4.48 Å². The number of halogens is 1. The number of hydrogen-bond donors (Lipinski definition) is 0. The third-order valence-corrected chi connectivity index (χ3v) is 2.12. The van der Waals surface area contributed by atoms with Crippen molar-refractivity contribution in [3.05, 3.63) is 0 Å². The predicted octanol–water partition coefficient (Wildman–Crippen LogP) is -1.17. The first-order valence-electron chi connectivity index (χ1n) is 5.10. The molecule has 0 bridgehead atoms. The van der Waals surface area contributed by atoms with Crippen LogP contribution in [0.2, 0.25) is 0 Å². The smallest absolute Gasteiger partial charge is 0.194 e. The molecule has 0 radical (unpaired) electrons. The van der Waals surface area contributed by atoms with Crippen molar-refractivity contribution in [3.63, 3.8) is 0 Å². The normalized spacial score (nSPS) is 13.5. The minimum atomic E-state index is 0. The van der Waals surface area contributed by atoms with E-state index in [1.807, 2.05) is 13.8 Å². The molecule has 88 valence electrons. The van der Waals surface area contributed by atoms with E-state index >= 15 is 0 Å². The monoisotopic (exact) mass is 225 g/mol. The maximum atomic E-state index is 5.65. The van der Waals surface area contributed by atoms with Gasteiger partial charge in [-0.1, -0.05) is 6.92 Å². The van der Waals surface area contributed by atoms with Crippen LogP contribution < -0.4 is 12.4 Å². The molecule has 0 aliphatic heterocycles. The van der Waals surface area contributed by atoms with Crippen molar-refractivity contribution in [2.45, 2.75) is 33.4 Å². The zero-order valence-electron chi connectivity index (χ0n) is 10.0. The Bertz CT molecular complexity index is 131. The first-order chi connectivity index (χ1) is 6.08. The lowest BCUT2D eigenvalue weighted by molar-refractivity contribution is -0.954. The van der Waals surface area contributed by atoms with Gasteiger partial charge in [0.25, 0.3) is 0 Å². The summed E-state index contributed by atoms with van der Waals surface area (Å²) < 4.78 is 11.8. The zero-order valence-corrected chi connectivity index (χ0v) is 10.8. The highest BCUT2D eigenvalue weighted by Gasteiger charge is 2.26. The Hall–Kier alpha value is 0.170. The standard InChI is InChI=1S/C10H24NO2.ClH/c1-6-10(13-8-3)11(4,5)9-12-7-2;/h10H,6-9H2,1-5H3;1H/q+1;/p-1.